The van der Waals surface area contributed by atoms with E-state index in [-0.39, 0.29) is 5.91 Å². The van der Waals surface area contributed by atoms with Crippen LogP contribution in [0.15, 0.2) is 78.9 Å². The standard InChI is InChI=1S/C25H19ClN2O3/c1-2-31-25(30)16-11-13-17(14-12-16)27-24(29)20-15-23(19-8-3-5-9-21(19)26)28-22-10-6-4-7-18(20)22/h3-15H,2H2,1H3,(H,27,29). The predicted octanol–water partition coefficient (Wildman–Crippen LogP) is 5.98. The van der Waals surface area contributed by atoms with Gasteiger partial charge >= 0.3 is 5.97 Å². The van der Waals surface area contributed by atoms with Crippen LogP contribution in [0.25, 0.3) is 22.2 Å². The fourth-order valence-corrected chi connectivity index (χ4v) is 3.51. The number of fused-ring (bicyclic) bond motifs is 1. The van der Waals surface area contributed by atoms with Crippen LogP contribution in [-0.4, -0.2) is 23.5 Å². The van der Waals surface area contributed by atoms with Crippen molar-refractivity contribution in [2.45, 2.75) is 6.92 Å². The van der Waals surface area contributed by atoms with E-state index in [0.717, 1.165) is 10.9 Å². The predicted molar refractivity (Wildman–Crippen MR) is 123 cm³/mol. The van der Waals surface area contributed by atoms with E-state index >= 15 is 0 Å². The van der Waals surface area contributed by atoms with Gasteiger partial charge in [-0.1, -0.05) is 48.0 Å². The number of benzene rings is 3. The molecule has 0 aliphatic carbocycles. The quantitative estimate of drug-likeness (QED) is 0.395. The Morgan fingerprint density at radius 3 is 2.42 bits per heavy atom. The maximum absolute atomic E-state index is 13.2. The summed E-state index contributed by atoms with van der Waals surface area (Å²) in [7, 11) is 0. The first-order valence-corrected chi connectivity index (χ1v) is 10.2. The molecule has 6 heteroatoms. The number of pyridine rings is 1. The molecule has 0 bridgehead atoms. The molecule has 0 fully saturated rings. The summed E-state index contributed by atoms with van der Waals surface area (Å²) < 4.78 is 4.99. The average molecular weight is 431 g/mol. The molecule has 1 N–H and O–H groups in total. The molecule has 154 valence electrons. The summed E-state index contributed by atoms with van der Waals surface area (Å²) in [6.07, 6.45) is 0. The summed E-state index contributed by atoms with van der Waals surface area (Å²) in [6.45, 7) is 2.06. The highest BCUT2D eigenvalue weighted by atomic mass is 35.5. The monoisotopic (exact) mass is 430 g/mol. The number of para-hydroxylation sites is 1. The lowest BCUT2D eigenvalue weighted by Crippen LogP contribution is -2.13. The third-order valence-corrected chi connectivity index (χ3v) is 5.09. The number of halogens is 1. The second-order valence-electron chi connectivity index (χ2n) is 6.80. The third-order valence-electron chi connectivity index (χ3n) is 4.76. The molecule has 5 nitrogen and oxygen atoms in total. The van der Waals surface area contributed by atoms with Gasteiger partial charge in [0, 0.05) is 21.7 Å². The van der Waals surface area contributed by atoms with E-state index < -0.39 is 5.97 Å². The molecule has 4 rings (SSSR count). The van der Waals surface area contributed by atoms with Crippen molar-refractivity contribution in [2.75, 3.05) is 11.9 Å². The normalized spacial score (nSPS) is 10.6. The molecule has 0 aliphatic heterocycles. The minimum Gasteiger partial charge on any atom is -0.462 e. The number of hydrogen-bond acceptors (Lipinski definition) is 4. The Kier molecular flexibility index (Phi) is 5.96. The second kappa shape index (κ2) is 8.98. The van der Waals surface area contributed by atoms with Gasteiger partial charge in [-0.25, -0.2) is 9.78 Å². The van der Waals surface area contributed by atoms with Crippen LogP contribution >= 0.6 is 11.6 Å². The van der Waals surface area contributed by atoms with E-state index in [1.165, 1.54) is 0 Å². The van der Waals surface area contributed by atoms with Crippen molar-refractivity contribution in [1.29, 1.82) is 0 Å². The minimum atomic E-state index is -0.398. The van der Waals surface area contributed by atoms with Gasteiger partial charge in [0.25, 0.3) is 5.91 Å². The number of nitrogens with one attached hydrogen (secondary N) is 1. The maximum Gasteiger partial charge on any atom is 0.338 e. The van der Waals surface area contributed by atoms with Crippen molar-refractivity contribution in [3.05, 3.63) is 95.0 Å². The van der Waals surface area contributed by atoms with E-state index in [4.69, 9.17) is 16.3 Å². The van der Waals surface area contributed by atoms with Crippen molar-refractivity contribution >= 4 is 40.1 Å². The van der Waals surface area contributed by atoms with E-state index in [1.54, 1.807) is 43.3 Å². The van der Waals surface area contributed by atoms with Crippen LogP contribution in [0, 0.1) is 0 Å². The Morgan fingerprint density at radius 1 is 0.968 bits per heavy atom. The molecule has 1 amide bonds. The van der Waals surface area contributed by atoms with Gasteiger partial charge in [-0.2, -0.15) is 0 Å². The van der Waals surface area contributed by atoms with E-state index in [1.807, 2.05) is 42.5 Å². The summed E-state index contributed by atoms with van der Waals surface area (Å²) in [4.78, 5) is 29.7. The molecule has 4 aromatic rings. The highest BCUT2D eigenvalue weighted by Crippen LogP contribution is 2.30. The van der Waals surface area contributed by atoms with Gasteiger partial charge in [-0.15, -0.1) is 0 Å². The molecule has 0 saturated heterocycles. The number of amides is 1. The minimum absolute atomic E-state index is 0.282. The summed E-state index contributed by atoms with van der Waals surface area (Å²) in [5.41, 5.74) is 3.54. The summed E-state index contributed by atoms with van der Waals surface area (Å²) in [5, 5.41) is 4.19. The molecule has 1 heterocycles. The smallest absolute Gasteiger partial charge is 0.338 e. The Hall–Kier alpha value is -3.70. The zero-order valence-corrected chi connectivity index (χ0v) is 17.5. The summed E-state index contributed by atoms with van der Waals surface area (Å²) in [5.74, 6) is -0.680. The molecule has 0 saturated carbocycles. The lowest BCUT2D eigenvalue weighted by atomic mass is 10.0. The molecular weight excluding hydrogens is 412 g/mol. The van der Waals surface area contributed by atoms with Crippen LogP contribution in [0.1, 0.15) is 27.6 Å². The van der Waals surface area contributed by atoms with Gasteiger partial charge in [-0.3, -0.25) is 4.79 Å². The van der Waals surface area contributed by atoms with Crippen LogP contribution in [0.2, 0.25) is 5.02 Å². The number of esters is 1. The van der Waals surface area contributed by atoms with Gasteiger partial charge in [0.2, 0.25) is 0 Å². The maximum atomic E-state index is 13.2. The Bertz CT molecular complexity index is 1270. The largest absolute Gasteiger partial charge is 0.462 e. The number of aromatic nitrogens is 1. The lowest BCUT2D eigenvalue weighted by Gasteiger charge is -2.12. The van der Waals surface area contributed by atoms with E-state index in [2.05, 4.69) is 10.3 Å². The Labute approximate surface area is 184 Å². The van der Waals surface area contributed by atoms with Crippen molar-refractivity contribution in [3.63, 3.8) is 0 Å². The van der Waals surface area contributed by atoms with Crippen molar-refractivity contribution in [2.24, 2.45) is 0 Å². The number of rotatable bonds is 5. The van der Waals surface area contributed by atoms with Crippen LogP contribution in [0.4, 0.5) is 5.69 Å². The fraction of sp³-hybridized carbons (Fsp3) is 0.0800. The van der Waals surface area contributed by atoms with Crippen LogP contribution in [-0.2, 0) is 4.74 Å². The second-order valence-corrected chi connectivity index (χ2v) is 7.21. The first-order chi connectivity index (χ1) is 15.1. The molecule has 1 aromatic heterocycles. The topological polar surface area (TPSA) is 68.3 Å². The Balaban J connectivity index is 1.69. The molecule has 0 aliphatic rings. The number of hydrogen-bond donors (Lipinski definition) is 1. The highest BCUT2D eigenvalue weighted by molar-refractivity contribution is 6.33. The van der Waals surface area contributed by atoms with Crippen molar-refractivity contribution < 1.29 is 14.3 Å². The van der Waals surface area contributed by atoms with Gasteiger partial charge in [0.15, 0.2) is 0 Å². The zero-order chi connectivity index (χ0) is 21.8. The van der Waals surface area contributed by atoms with Gasteiger partial charge < -0.3 is 10.1 Å². The van der Waals surface area contributed by atoms with Crippen LogP contribution in [0.3, 0.4) is 0 Å². The zero-order valence-electron chi connectivity index (χ0n) is 16.8. The van der Waals surface area contributed by atoms with Gasteiger partial charge in [0.1, 0.15) is 0 Å². The first-order valence-electron chi connectivity index (χ1n) is 9.80. The van der Waals surface area contributed by atoms with Crippen molar-refractivity contribution in [1.82, 2.24) is 4.98 Å². The van der Waals surface area contributed by atoms with Gasteiger partial charge in [-0.05, 0) is 49.4 Å². The van der Waals surface area contributed by atoms with E-state index in [9.17, 15) is 9.59 Å². The average Bonchev–Trinajstić information content (AvgIpc) is 2.79. The van der Waals surface area contributed by atoms with E-state index in [0.29, 0.717) is 39.7 Å². The molecule has 0 atom stereocenters. The number of ether oxygens (including phenoxy) is 1. The molecule has 3 aromatic carbocycles. The highest BCUT2D eigenvalue weighted by Gasteiger charge is 2.16. The summed E-state index contributed by atoms with van der Waals surface area (Å²) in [6, 6.07) is 23.2. The molecular formula is C25H19ClN2O3. The Morgan fingerprint density at radius 2 is 1.68 bits per heavy atom. The molecule has 0 spiro atoms. The number of nitrogens with zero attached hydrogens (tertiary/aromatic N) is 1. The number of carbonyl (C=O) groups is 2. The lowest BCUT2D eigenvalue weighted by molar-refractivity contribution is 0.0526. The first kappa shape index (κ1) is 20.6. The van der Waals surface area contributed by atoms with Crippen molar-refractivity contribution in [3.8, 4) is 11.3 Å². The number of anilines is 1. The summed E-state index contributed by atoms with van der Waals surface area (Å²) >= 11 is 6.36. The van der Waals surface area contributed by atoms with Crippen LogP contribution in [0.5, 0.6) is 0 Å². The van der Waals surface area contributed by atoms with Crippen LogP contribution < -0.4 is 5.32 Å². The molecule has 31 heavy (non-hydrogen) atoms. The SMILES string of the molecule is CCOC(=O)c1ccc(NC(=O)c2cc(-c3ccccc3Cl)nc3ccccc23)cc1. The third kappa shape index (κ3) is 4.42. The molecule has 0 unspecified atom stereocenters. The fourth-order valence-electron chi connectivity index (χ4n) is 3.27. The number of carbonyl (C=O) groups excluding carboxylic acids is 2. The molecule has 0 radical (unpaired) electrons. The van der Waals surface area contributed by atoms with Gasteiger partial charge in [0.05, 0.1) is 28.9 Å².